The first kappa shape index (κ1) is 27.7. The van der Waals surface area contributed by atoms with E-state index < -0.39 is 0 Å². The van der Waals surface area contributed by atoms with Crippen LogP contribution in [0.5, 0.6) is 0 Å². The van der Waals surface area contributed by atoms with Crippen LogP contribution in [-0.2, 0) is 4.79 Å². The highest BCUT2D eigenvalue weighted by Gasteiger charge is 2.31. The third kappa shape index (κ3) is 12.1. The molecule has 0 spiro atoms. The van der Waals surface area contributed by atoms with Crippen LogP contribution in [0.3, 0.4) is 0 Å². The zero-order chi connectivity index (χ0) is 22.7. The molecule has 2 nitrogen and oxygen atoms in total. The summed E-state index contributed by atoms with van der Waals surface area (Å²) in [6.45, 7) is 2.29. The van der Waals surface area contributed by atoms with Crippen molar-refractivity contribution in [2.24, 2.45) is 0 Å². The van der Waals surface area contributed by atoms with E-state index in [1.54, 1.807) is 0 Å². The summed E-state index contributed by atoms with van der Waals surface area (Å²) < 4.78 is 0. The fourth-order valence-corrected chi connectivity index (χ4v) is 6.20. The molecule has 2 aliphatic carbocycles. The van der Waals surface area contributed by atoms with E-state index in [9.17, 15) is 4.79 Å². The van der Waals surface area contributed by atoms with Gasteiger partial charge in [0, 0.05) is 18.5 Å². The van der Waals surface area contributed by atoms with Crippen molar-refractivity contribution < 1.29 is 4.79 Å². The minimum atomic E-state index is 0.499. The van der Waals surface area contributed by atoms with Gasteiger partial charge in [-0.15, -0.1) is 0 Å². The molecule has 0 heterocycles. The van der Waals surface area contributed by atoms with Gasteiger partial charge in [-0.3, -0.25) is 4.79 Å². The van der Waals surface area contributed by atoms with Crippen molar-refractivity contribution in [3.05, 3.63) is 0 Å². The zero-order valence-corrected chi connectivity index (χ0v) is 21.9. The largest absolute Gasteiger partial charge is 0.337 e. The monoisotopic (exact) mass is 447 g/mol. The van der Waals surface area contributed by atoms with Gasteiger partial charge in [-0.2, -0.15) is 0 Å². The van der Waals surface area contributed by atoms with Crippen molar-refractivity contribution in [2.75, 3.05) is 0 Å². The second kappa shape index (κ2) is 18.8. The summed E-state index contributed by atoms with van der Waals surface area (Å²) in [7, 11) is 0. The molecule has 0 saturated heterocycles. The van der Waals surface area contributed by atoms with Crippen molar-refractivity contribution >= 4 is 5.91 Å². The number of hydrogen-bond acceptors (Lipinski definition) is 1. The Morgan fingerprint density at radius 3 is 1.25 bits per heavy atom. The molecular weight excluding hydrogens is 390 g/mol. The van der Waals surface area contributed by atoms with Gasteiger partial charge in [-0.25, -0.2) is 0 Å². The van der Waals surface area contributed by atoms with Crippen LogP contribution >= 0.6 is 0 Å². The van der Waals surface area contributed by atoms with Gasteiger partial charge in [0.05, 0.1) is 0 Å². The van der Waals surface area contributed by atoms with Crippen molar-refractivity contribution in [3.63, 3.8) is 0 Å². The summed E-state index contributed by atoms with van der Waals surface area (Å²) in [5.41, 5.74) is 0. The quantitative estimate of drug-likeness (QED) is 0.191. The summed E-state index contributed by atoms with van der Waals surface area (Å²) in [5, 5.41) is 0. The van der Waals surface area contributed by atoms with Crippen LogP contribution < -0.4 is 0 Å². The van der Waals surface area contributed by atoms with Gasteiger partial charge in [-0.05, 0) is 32.1 Å². The van der Waals surface area contributed by atoms with E-state index in [0.717, 1.165) is 12.8 Å². The van der Waals surface area contributed by atoms with Gasteiger partial charge in [0.25, 0.3) is 0 Å². The predicted molar refractivity (Wildman–Crippen MR) is 140 cm³/mol. The van der Waals surface area contributed by atoms with Crippen LogP contribution in [0.2, 0.25) is 0 Å². The molecule has 1 amide bonds. The minimum absolute atomic E-state index is 0.499. The summed E-state index contributed by atoms with van der Waals surface area (Å²) in [6.07, 6.45) is 34.8. The molecule has 2 aliphatic rings. The summed E-state index contributed by atoms with van der Waals surface area (Å²) >= 11 is 0. The van der Waals surface area contributed by atoms with Gasteiger partial charge >= 0.3 is 0 Å². The Morgan fingerprint density at radius 1 is 0.531 bits per heavy atom. The summed E-state index contributed by atoms with van der Waals surface area (Å²) in [4.78, 5) is 15.6. The van der Waals surface area contributed by atoms with E-state index in [1.165, 1.54) is 154 Å². The lowest BCUT2D eigenvalue weighted by Crippen LogP contribution is -2.48. The normalized spacial score (nSPS) is 18.2. The molecule has 0 unspecified atom stereocenters. The lowest BCUT2D eigenvalue weighted by molar-refractivity contribution is -0.138. The van der Waals surface area contributed by atoms with Crippen molar-refractivity contribution in [3.8, 4) is 0 Å². The first-order chi connectivity index (χ1) is 15.8. The van der Waals surface area contributed by atoms with Gasteiger partial charge in [0.2, 0.25) is 5.91 Å². The van der Waals surface area contributed by atoms with Crippen LogP contribution in [0.1, 0.15) is 174 Å². The molecule has 0 radical (unpaired) electrons. The maximum Gasteiger partial charge on any atom is 0.223 e. The van der Waals surface area contributed by atoms with Gasteiger partial charge < -0.3 is 4.90 Å². The van der Waals surface area contributed by atoms with E-state index in [0.29, 0.717) is 18.0 Å². The van der Waals surface area contributed by atoms with Gasteiger partial charge in [0.1, 0.15) is 0 Å². The molecule has 0 bridgehead atoms. The Balaban J connectivity index is 1.47. The SMILES string of the molecule is CCCCCCCCCCCCCCCCCC(=O)N(C1CCCCC1)C1CCCCC1. The number of rotatable bonds is 18. The first-order valence-corrected chi connectivity index (χ1v) is 15.1. The molecule has 0 atom stereocenters. The third-order valence-electron chi connectivity index (χ3n) is 8.22. The molecular formula is C30H57NO. The fraction of sp³-hybridized carbons (Fsp3) is 0.967. The Hall–Kier alpha value is -0.530. The van der Waals surface area contributed by atoms with E-state index in [2.05, 4.69) is 11.8 Å². The van der Waals surface area contributed by atoms with Crippen LogP contribution in [0.25, 0.3) is 0 Å². The van der Waals surface area contributed by atoms with Crippen molar-refractivity contribution in [1.82, 2.24) is 4.90 Å². The highest BCUT2D eigenvalue weighted by molar-refractivity contribution is 5.77. The molecule has 0 aromatic heterocycles. The molecule has 0 N–H and O–H groups in total. The van der Waals surface area contributed by atoms with Crippen LogP contribution in [0.15, 0.2) is 0 Å². The smallest absolute Gasteiger partial charge is 0.223 e. The molecule has 2 rings (SSSR count). The Bertz CT molecular complexity index is 418. The van der Waals surface area contributed by atoms with Gasteiger partial charge in [-0.1, -0.05) is 135 Å². The molecule has 0 aliphatic heterocycles. The molecule has 32 heavy (non-hydrogen) atoms. The second-order valence-electron chi connectivity index (χ2n) is 11.1. The Morgan fingerprint density at radius 2 is 0.875 bits per heavy atom. The second-order valence-corrected chi connectivity index (χ2v) is 11.1. The molecule has 2 saturated carbocycles. The topological polar surface area (TPSA) is 20.3 Å². The van der Waals surface area contributed by atoms with Crippen molar-refractivity contribution in [1.29, 1.82) is 0 Å². The standard InChI is InChI=1S/C30H57NO/c1-2-3-4-5-6-7-8-9-10-11-12-13-14-15-22-27-30(32)31(28-23-18-16-19-24-28)29-25-20-17-21-26-29/h28-29H,2-27H2,1H3. The number of carbonyl (C=O) groups is 1. The summed E-state index contributed by atoms with van der Waals surface area (Å²) in [5.74, 6) is 0.499. The lowest BCUT2D eigenvalue weighted by Gasteiger charge is -2.42. The first-order valence-electron chi connectivity index (χ1n) is 15.1. The number of hydrogen-bond donors (Lipinski definition) is 0. The Kier molecular flexibility index (Phi) is 16.3. The highest BCUT2D eigenvalue weighted by Crippen LogP contribution is 2.31. The molecule has 2 heteroatoms. The molecule has 0 aromatic carbocycles. The van der Waals surface area contributed by atoms with Crippen LogP contribution in [-0.4, -0.2) is 22.9 Å². The average molecular weight is 448 g/mol. The molecule has 0 aromatic rings. The number of carbonyl (C=O) groups excluding carboxylic acids is 1. The Labute approximate surface area is 201 Å². The maximum atomic E-state index is 13.2. The predicted octanol–water partition coefficient (Wildman–Crippen LogP) is 9.74. The number of nitrogens with zero attached hydrogens (tertiary/aromatic N) is 1. The summed E-state index contributed by atoms with van der Waals surface area (Å²) in [6, 6.07) is 1.13. The number of unbranched alkanes of at least 4 members (excludes halogenated alkanes) is 14. The maximum absolute atomic E-state index is 13.2. The third-order valence-corrected chi connectivity index (χ3v) is 8.22. The number of amides is 1. The zero-order valence-electron chi connectivity index (χ0n) is 21.9. The van der Waals surface area contributed by atoms with E-state index >= 15 is 0 Å². The van der Waals surface area contributed by atoms with Crippen LogP contribution in [0.4, 0.5) is 0 Å². The molecule has 188 valence electrons. The van der Waals surface area contributed by atoms with E-state index in [-0.39, 0.29) is 0 Å². The van der Waals surface area contributed by atoms with E-state index in [1.807, 2.05) is 0 Å². The van der Waals surface area contributed by atoms with E-state index in [4.69, 9.17) is 0 Å². The minimum Gasteiger partial charge on any atom is -0.337 e. The average Bonchev–Trinajstić information content (AvgIpc) is 2.83. The van der Waals surface area contributed by atoms with Crippen molar-refractivity contribution in [2.45, 2.75) is 186 Å². The lowest BCUT2D eigenvalue weighted by atomic mass is 9.88. The fourth-order valence-electron chi connectivity index (χ4n) is 6.20. The molecule has 2 fully saturated rings. The highest BCUT2D eigenvalue weighted by atomic mass is 16.2. The van der Waals surface area contributed by atoms with Crippen LogP contribution in [0, 0.1) is 0 Å². The van der Waals surface area contributed by atoms with Gasteiger partial charge in [0.15, 0.2) is 0 Å².